The number of halogens is 2. The molecule has 2 aromatic carbocycles. The summed E-state index contributed by atoms with van der Waals surface area (Å²) in [5.41, 5.74) is 1.93. The van der Waals surface area contributed by atoms with Crippen molar-refractivity contribution in [2.24, 2.45) is 0 Å². The molecule has 1 atom stereocenters. The standard InChI is InChI=1S/C23H28Cl2N2O2S/c1-3-13-26-23(29)21(4-2)27(14-17-9-11-19(24)12-10-17)22(28)16-30-15-18-7-5-6-8-20(18)25/h5-12,21H,3-4,13-16H2,1-2H3,(H,26,29). The summed E-state index contributed by atoms with van der Waals surface area (Å²) in [7, 11) is 0. The van der Waals surface area contributed by atoms with E-state index in [-0.39, 0.29) is 17.6 Å². The van der Waals surface area contributed by atoms with E-state index in [9.17, 15) is 9.59 Å². The fourth-order valence-corrected chi connectivity index (χ4v) is 4.34. The van der Waals surface area contributed by atoms with Crippen LogP contribution in [-0.2, 0) is 21.9 Å². The Hall–Kier alpha value is -1.69. The molecule has 0 aliphatic heterocycles. The van der Waals surface area contributed by atoms with Crippen molar-refractivity contribution < 1.29 is 9.59 Å². The van der Waals surface area contributed by atoms with E-state index in [1.54, 1.807) is 17.0 Å². The number of carbonyl (C=O) groups is 2. The summed E-state index contributed by atoms with van der Waals surface area (Å²) in [5, 5.41) is 4.26. The Kier molecular flexibility index (Phi) is 10.6. The monoisotopic (exact) mass is 466 g/mol. The molecule has 2 rings (SSSR count). The molecule has 0 bridgehead atoms. The molecule has 2 amide bonds. The zero-order chi connectivity index (χ0) is 21.9. The highest BCUT2D eigenvalue weighted by atomic mass is 35.5. The van der Waals surface area contributed by atoms with Gasteiger partial charge in [-0.15, -0.1) is 11.8 Å². The number of hydrogen-bond acceptors (Lipinski definition) is 3. The largest absolute Gasteiger partial charge is 0.354 e. The second kappa shape index (κ2) is 12.9. The van der Waals surface area contributed by atoms with Crippen LogP contribution in [0.1, 0.15) is 37.8 Å². The minimum Gasteiger partial charge on any atom is -0.354 e. The first kappa shape index (κ1) is 24.6. The quantitative estimate of drug-likeness (QED) is 0.471. The molecule has 30 heavy (non-hydrogen) atoms. The number of hydrogen-bond donors (Lipinski definition) is 1. The molecule has 0 fully saturated rings. The van der Waals surface area contributed by atoms with E-state index in [2.05, 4.69) is 5.32 Å². The number of carbonyl (C=O) groups excluding carboxylic acids is 2. The second-order valence-corrected chi connectivity index (χ2v) is 8.78. The normalized spacial score (nSPS) is 11.7. The minimum absolute atomic E-state index is 0.0690. The SMILES string of the molecule is CCCNC(=O)C(CC)N(Cc1ccc(Cl)cc1)C(=O)CSCc1ccccc1Cl. The molecule has 2 aromatic rings. The third-order valence-electron chi connectivity index (χ3n) is 4.64. The summed E-state index contributed by atoms with van der Waals surface area (Å²) in [5.74, 6) is 0.730. The highest BCUT2D eigenvalue weighted by Gasteiger charge is 2.28. The van der Waals surface area contributed by atoms with Gasteiger partial charge in [-0.3, -0.25) is 9.59 Å². The molecular formula is C23H28Cl2N2O2S. The predicted molar refractivity (Wildman–Crippen MR) is 127 cm³/mol. The van der Waals surface area contributed by atoms with Gasteiger partial charge in [-0.1, -0.05) is 67.4 Å². The van der Waals surface area contributed by atoms with Crippen LogP contribution in [0.2, 0.25) is 10.0 Å². The highest BCUT2D eigenvalue weighted by Crippen LogP contribution is 2.22. The van der Waals surface area contributed by atoms with E-state index in [0.29, 0.717) is 35.3 Å². The molecule has 0 aromatic heterocycles. The maximum atomic E-state index is 13.1. The Morgan fingerprint density at radius 1 is 1.07 bits per heavy atom. The summed E-state index contributed by atoms with van der Waals surface area (Å²) in [4.78, 5) is 27.5. The van der Waals surface area contributed by atoms with Gasteiger partial charge in [0, 0.05) is 28.9 Å². The molecule has 0 aliphatic carbocycles. The van der Waals surface area contributed by atoms with Crippen LogP contribution < -0.4 is 5.32 Å². The lowest BCUT2D eigenvalue weighted by Crippen LogP contribution is -2.49. The van der Waals surface area contributed by atoms with Crippen LogP contribution >= 0.6 is 35.0 Å². The Labute approximate surface area is 193 Å². The number of thioether (sulfide) groups is 1. The molecule has 0 heterocycles. The van der Waals surface area contributed by atoms with Gasteiger partial charge in [-0.2, -0.15) is 0 Å². The van der Waals surface area contributed by atoms with Gasteiger partial charge in [0.05, 0.1) is 5.75 Å². The highest BCUT2D eigenvalue weighted by molar-refractivity contribution is 7.99. The van der Waals surface area contributed by atoms with E-state index in [1.165, 1.54) is 11.8 Å². The van der Waals surface area contributed by atoms with E-state index in [0.717, 1.165) is 17.5 Å². The smallest absolute Gasteiger partial charge is 0.242 e. The van der Waals surface area contributed by atoms with Crippen LogP contribution in [0.15, 0.2) is 48.5 Å². The van der Waals surface area contributed by atoms with Crippen LogP contribution in [-0.4, -0.2) is 35.1 Å². The molecule has 1 N–H and O–H groups in total. The van der Waals surface area contributed by atoms with Crippen molar-refractivity contribution in [3.63, 3.8) is 0 Å². The second-order valence-electron chi connectivity index (χ2n) is 6.95. The summed E-state index contributed by atoms with van der Waals surface area (Å²) in [6.07, 6.45) is 1.39. The Morgan fingerprint density at radius 3 is 2.40 bits per heavy atom. The Balaban J connectivity index is 2.11. The lowest BCUT2D eigenvalue weighted by Gasteiger charge is -2.30. The van der Waals surface area contributed by atoms with E-state index in [1.807, 2.05) is 50.2 Å². The number of rotatable bonds is 11. The zero-order valence-electron chi connectivity index (χ0n) is 17.4. The molecule has 162 valence electrons. The van der Waals surface area contributed by atoms with Gasteiger partial charge in [0.1, 0.15) is 6.04 Å². The van der Waals surface area contributed by atoms with Crippen molar-refractivity contribution in [2.45, 2.75) is 45.0 Å². The number of nitrogens with zero attached hydrogens (tertiary/aromatic N) is 1. The summed E-state index contributed by atoms with van der Waals surface area (Å²) in [6, 6.07) is 14.5. The first-order valence-electron chi connectivity index (χ1n) is 10.1. The van der Waals surface area contributed by atoms with Crippen LogP contribution in [0.25, 0.3) is 0 Å². The average Bonchev–Trinajstić information content (AvgIpc) is 2.74. The molecule has 0 saturated carbocycles. The fourth-order valence-electron chi connectivity index (χ4n) is 3.02. The van der Waals surface area contributed by atoms with Crippen molar-refractivity contribution in [2.75, 3.05) is 12.3 Å². The number of nitrogens with one attached hydrogen (secondary N) is 1. The van der Waals surface area contributed by atoms with E-state index in [4.69, 9.17) is 23.2 Å². The Morgan fingerprint density at radius 2 is 1.77 bits per heavy atom. The number of benzene rings is 2. The van der Waals surface area contributed by atoms with E-state index >= 15 is 0 Å². The summed E-state index contributed by atoms with van der Waals surface area (Å²) < 4.78 is 0. The molecule has 1 unspecified atom stereocenters. The van der Waals surface area contributed by atoms with E-state index < -0.39 is 6.04 Å². The molecule has 0 aliphatic rings. The zero-order valence-corrected chi connectivity index (χ0v) is 19.7. The predicted octanol–water partition coefficient (Wildman–Crippen LogP) is 5.56. The van der Waals surface area contributed by atoms with Gasteiger partial charge in [0.25, 0.3) is 0 Å². The summed E-state index contributed by atoms with van der Waals surface area (Å²) in [6.45, 7) is 4.89. The average molecular weight is 467 g/mol. The van der Waals surface area contributed by atoms with Gasteiger partial charge in [-0.25, -0.2) is 0 Å². The maximum absolute atomic E-state index is 13.1. The van der Waals surface area contributed by atoms with Crippen molar-refractivity contribution in [1.82, 2.24) is 10.2 Å². The number of amides is 2. The lowest BCUT2D eigenvalue weighted by atomic mass is 10.1. The Bertz CT molecular complexity index is 830. The summed E-state index contributed by atoms with van der Waals surface area (Å²) >= 11 is 13.7. The third-order valence-corrected chi connectivity index (χ3v) is 6.23. The molecule has 0 saturated heterocycles. The molecule has 4 nitrogen and oxygen atoms in total. The minimum atomic E-state index is -0.513. The first-order valence-corrected chi connectivity index (χ1v) is 12.0. The van der Waals surface area contributed by atoms with Crippen LogP contribution in [0.3, 0.4) is 0 Å². The molecular weight excluding hydrogens is 439 g/mol. The van der Waals surface area contributed by atoms with Crippen molar-refractivity contribution >= 4 is 46.8 Å². The van der Waals surface area contributed by atoms with Crippen LogP contribution in [0.5, 0.6) is 0 Å². The van der Waals surface area contributed by atoms with Gasteiger partial charge >= 0.3 is 0 Å². The fraction of sp³-hybridized carbons (Fsp3) is 0.391. The van der Waals surface area contributed by atoms with Crippen molar-refractivity contribution in [3.8, 4) is 0 Å². The van der Waals surface area contributed by atoms with Crippen LogP contribution in [0, 0.1) is 0 Å². The third kappa shape index (κ3) is 7.53. The van der Waals surface area contributed by atoms with Gasteiger partial charge in [0.15, 0.2) is 0 Å². The first-order chi connectivity index (χ1) is 14.5. The lowest BCUT2D eigenvalue weighted by molar-refractivity contribution is -0.139. The van der Waals surface area contributed by atoms with Crippen molar-refractivity contribution in [1.29, 1.82) is 0 Å². The van der Waals surface area contributed by atoms with Crippen molar-refractivity contribution in [3.05, 3.63) is 69.7 Å². The van der Waals surface area contributed by atoms with Gasteiger partial charge < -0.3 is 10.2 Å². The van der Waals surface area contributed by atoms with Gasteiger partial charge in [0.2, 0.25) is 11.8 Å². The maximum Gasteiger partial charge on any atom is 0.242 e. The molecule has 7 heteroatoms. The molecule has 0 radical (unpaired) electrons. The van der Waals surface area contributed by atoms with Gasteiger partial charge in [-0.05, 0) is 42.2 Å². The topological polar surface area (TPSA) is 49.4 Å². The molecule has 0 spiro atoms. The van der Waals surface area contributed by atoms with Crippen LogP contribution in [0.4, 0.5) is 0 Å².